The first-order valence-corrected chi connectivity index (χ1v) is 21.5. The number of hydrogen-bond acceptors (Lipinski definition) is 8. The molecule has 10 nitrogen and oxygen atoms in total. The van der Waals surface area contributed by atoms with Gasteiger partial charge in [-0.25, -0.2) is 0 Å². The smallest absolute Gasteiger partial charge is 0.306 e. The summed E-state index contributed by atoms with van der Waals surface area (Å²) in [4.78, 5) is 42.7. The van der Waals surface area contributed by atoms with E-state index in [9.17, 15) is 19.2 Å². The number of rotatable bonds is 17. The van der Waals surface area contributed by atoms with Gasteiger partial charge in [0.2, 0.25) is 0 Å². The number of carboxylic acids is 2. The van der Waals surface area contributed by atoms with Crippen LogP contribution in [0, 0.1) is 0 Å². The van der Waals surface area contributed by atoms with Crippen LogP contribution in [-0.4, -0.2) is 79.4 Å². The van der Waals surface area contributed by atoms with Crippen molar-refractivity contribution < 1.29 is 47.4 Å². The average molecular weight is 603 g/mol. The lowest BCUT2D eigenvalue weighted by Crippen LogP contribution is -2.42. The SMILES string of the molecule is C.C.C.CO[Si](C)(C)CCCOC(=O)CCC(=O)O.C[Si](C)(C)O[Si](C)(C)CCCOC(=O)CCC(=O)O. The van der Waals surface area contributed by atoms with E-state index in [1.165, 1.54) is 0 Å². The number of esters is 2. The van der Waals surface area contributed by atoms with Gasteiger partial charge in [-0.3, -0.25) is 19.2 Å². The maximum atomic E-state index is 11.2. The van der Waals surface area contributed by atoms with Crippen LogP contribution < -0.4 is 0 Å². The molecule has 13 heteroatoms. The number of aliphatic carboxylic acids is 2. The monoisotopic (exact) mass is 602 g/mol. The highest BCUT2D eigenvalue weighted by Gasteiger charge is 2.29. The summed E-state index contributed by atoms with van der Waals surface area (Å²) in [6, 6.07) is 1.87. The molecule has 0 radical (unpaired) electrons. The maximum absolute atomic E-state index is 11.2. The first kappa shape index (κ1) is 46.3. The first-order valence-electron chi connectivity index (χ1n) is 11.9. The molecule has 0 heterocycles. The van der Waals surface area contributed by atoms with E-state index in [-0.39, 0.29) is 48.0 Å². The van der Waals surface area contributed by atoms with Crippen LogP contribution in [0.3, 0.4) is 0 Å². The van der Waals surface area contributed by atoms with Crippen molar-refractivity contribution in [2.45, 2.75) is 119 Å². The fourth-order valence-corrected chi connectivity index (χ4v) is 12.1. The lowest BCUT2D eigenvalue weighted by atomic mass is 10.3. The van der Waals surface area contributed by atoms with Crippen LogP contribution in [0.4, 0.5) is 0 Å². The van der Waals surface area contributed by atoms with Crippen LogP contribution >= 0.6 is 0 Å². The second kappa shape index (κ2) is 23.3. The molecule has 0 fully saturated rings. The highest BCUT2D eigenvalue weighted by Crippen LogP contribution is 2.19. The van der Waals surface area contributed by atoms with Crippen LogP contribution in [0.1, 0.15) is 60.8 Å². The van der Waals surface area contributed by atoms with E-state index < -0.39 is 48.8 Å². The minimum absolute atomic E-state index is 0. The third-order valence-corrected chi connectivity index (χ3v) is 13.5. The molecule has 0 saturated carbocycles. The van der Waals surface area contributed by atoms with Crippen molar-refractivity contribution in [3.8, 4) is 0 Å². The van der Waals surface area contributed by atoms with Crippen molar-refractivity contribution in [2.75, 3.05) is 20.3 Å². The van der Waals surface area contributed by atoms with E-state index in [0.29, 0.717) is 13.2 Å². The van der Waals surface area contributed by atoms with Gasteiger partial charge >= 0.3 is 23.9 Å². The molecule has 2 N–H and O–H groups in total. The molecule has 0 saturated heterocycles. The van der Waals surface area contributed by atoms with Crippen LogP contribution in [0.2, 0.25) is 57.9 Å². The third kappa shape index (κ3) is 34.5. The Bertz CT molecular complexity index is 662. The highest BCUT2D eigenvalue weighted by atomic mass is 28.4. The van der Waals surface area contributed by atoms with E-state index in [2.05, 4.69) is 45.8 Å². The number of carbonyl (C=O) groups excluding carboxylic acids is 2. The molecule has 0 spiro atoms. The van der Waals surface area contributed by atoms with Crippen LogP contribution in [0.5, 0.6) is 0 Å². The van der Waals surface area contributed by atoms with Gasteiger partial charge in [0.15, 0.2) is 25.0 Å². The first-order chi connectivity index (χ1) is 15.9. The van der Waals surface area contributed by atoms with Gasteiger partial charge in [0.1, 0.15) is 0 Å². The van der Waals surface area contributed by atoms with Crippen molar-refractivity contribution in [1.29, 1.82) is 0 Å². The molecule has 38 heavy (non-hydrogen) atoms. The standard InChI is InChI=1S/C12H26O5Si2.C10H20O5Si.3CH4/c1-18(2,3)17-19(4,5)10-6-9-16-12(15)8-7-11(13)14;1-14-16(2,3)8-4-7-15-10(13)6-5-9(11)12;;;/h6-10H2,1-5H3,(H,13,14);4-8H2,1-3H3,(H,11,12);3*1H4. The molecule has 0 aliphatic carbocycles. The van der Waals surface area contributed by atoms with Gasteiger partial charge in [-0.1, -0.05) is 22.3 Å². The predicted octanol–water partition coefficient (Wildman–Crippen LogP) is 6.39. The van der Waals surface area contributed by atoms with Crippen LogP contribution in [0.15, 0.2) is 0 Å². The van der Waals surface area contributed by atoms with Crippen molar-refractivity contribution in [3.05, 3.63) is 0 Å². The van der Waals surface area contributed by atoms with Crippen molar-refractivity contribution in [1.82, 2.24) is 0 Å². The van der Waals surface area contributed by atoms with Gasteiger partial charge in [-0.05, 0) is 70.8 Å². The molecule has 0 amide bonds. The van der Waals surface area contributed by atoms with E-state index >= 15 is 0 Å². The minimum Gasteiger partial charge on any atom is -0.481 e. The average Bonchev–Trinajstić information content (AvgIpc) is 2.70. The fourth-order valence-electron chi connectivity index (χ4n) is 2.91. The van der Waals surface area contributed by atoms with Gasteiger partial charge in [0.25, 0.3) is 0 Å². The third-order valence-electron chi connectivity index (χ3n) is 4.59. The molecule has 0 bridgehead atoms. The summed E-state index contributed by atoms with van der Waals surface area (Å²) in [6.45, 7) is 15.8. The summed E-state index contributed by atoms with van der Waals surface area (Å²) in [5.74, 6) is -2.84. The lowest BCUT2D eigenvalue weighted by Gasteiger charge is -2.31. The zero-order valence-electron chi connectivity index (χ0n) is 22.7. The number of hydrogen-bond donors (Lipinski definition) is 2. The Balaban J connectivity index is -0.000000179. The molecule has 0 aliphatic rings. The van der Waals surface area contributed by atoms with Gasteiger partial charge in [-0.2, -0.15) is 0 Å². The summed E-state index contributed by atoms with van der Waals surface area (Å²) in [5, 5.41) is 16.8. The van der Waals surface area contributed by atoms with Crippen LogP contribution in [0.25, 0.3) is 0 Å². The maximum Gasteiger partial charge on any atom is 0.306 e. The Labute approximate surface area is 235 Å². The lowest BCUT2D eigenvalue weighted by molar-refractivity contribution is -0.147. The second-order valence-corrected chi connectivity index (χ2v) is 23.9. The summed E-state index contributed by atoms with van der Waals surface area (Å²) in [6.07, 6.45) is 1.10. The van der Waals surface area contributed by atoms with E-state index in [1.807, 2.05) is 0 Å². The van der Waals surface area contributed by atoms with E-state index in [4.69, 9.17) is 28.2 Å². The molecule has 230 valence electrons. The summed E-state index contributed by atoms with van der Waals surface area (Å²) in [7, 11) is -3.05. The predicted molar refractivity (Wildman–Crippen MR) is 161 cm³/mol. The Morgan fingerprint density at radius 2 is 0.947 bits per heavy atom. The molecule has 0 rings (SSSR count). The Morgan fingerprint density at radius 3 is 1.24 bits per heavy atom. The topological polar surface area (TPSA) is 146 Å². The molecular formula is C25H58O10Si3. The van der Waals surface area contributed by atoms with Crippen LogP contribution in [-0.2, 0) is 37.2 Å². The van der Waals surface area contributed by atoms with Gasteiger partial charge in [0, 0.05) is 7.11 Å². The summed E-state index contributed by atoms with van der Waals surface area (Å²) < 4.78 is 21.4. The highest BCUT2D eigenvalue weighted by molar-refractivity contribution is 6.84. The zero-order chi connectivity index (χ0) is 27.7. The molecule has 0 aromatic carbocycles. The van der Waals surface area contributed by atoms with Crippen molar-refractivity contribution in [3.63, 3.8) is 0 Å². The normalized spacial score (nSPS) is 10.8. The molecule has 0 atom stereocenters. The second-order valence-electron chi connectivity index (χ2n) is 10.4. The van der Waals surface area contributed by atoms with Gasteiger partial charge in [-0.15, -0.1) is 0 Å². The van der Waals surface area contributed by atoms with E-state index in [0.717, 1.165) is 24.9 Å². The Hall–Kier alpha value is -1.55. The molecule has 0 aromatic rings. The molecular weight excluding hydrogens is 545 g/mol. The quantitative estimate of drug-likeness (QED) is 0.109. The molecule has 0 aromatic heterocycles. The fraction of sp³-hybridized carbons (Fsp3) is 0.840. The van der Waals surface area contributed by atoms with E-state index in [1.54, 1.807) is 7.11 Å². The Kier molecular flexibility index (Phi) is 28.5. The number of ether oxygens (including phenoxy) is 2. The molecule has 0 aliphatic heterocycles. The van der Waals surface area contributed by atoms with Crippen molar-refractivity contribution >= 4 is 48.8 Å². The summed E-state index contributed by atoms with van der Waals surface area (Å²) in [5.41, 5.74) is 0. The number of carboxylic acid groups (broad SMARTS) is 2. The Morgan fingerprint density at radius 1 is 0.605 bits per heavy atom. The van der Waals surface area contributed by atoms with Gasteiger partial charge in [0.05, 0.1) is 38.9 Å². The van der Waals surface area contributed by atoms with Crippen molar-refractivity contribution in [2.24, 2.45) is 0 Å². The molecule has 0 unspecified atom stereocenters. The minimum atomic E-state index is -1.67. The van der Waals surface area contributed by atoms with Gasteiger partial charge < -0.3 is 28.2 Å². The largest absolute Gasteiger partial charge is 0.481 e. The number of carbonyl (C=O) groups is 4. The zero-order valence-corrected chi connectivity index (χ0v) is 25.7. The summed E-state index contributed by atoms with van der Waals surface area (Å²) >= 11 is 0.